The average molecular weight is 297 g/mol. The Balaban J connectivity index is 2.22. The lowest BCUT2D eigenvalue weighted by atomic mass is 9.88. The zero-order valence-electron chi connectivity index (χ0n) is 12.7. The molecule has 0 bridgehead atoms. The van der Waals surface area contributed by atoms with E-state index in [0.717, 1.165) is 12.8 Å². The van der Waals surface area contributed by atoms with Gasteiger partial charge < -0.3 is 15.2 Å². The molecule has 0 aliphatic heterocycles. The molecule has 0 radical (unpaired) electrons. The van der Waals surface area contributed by atoms with E-state index in [1.807, 2.05) is 13.8 Å². The number of aliphatic hydroxyl groups excluding tert-OH is 1. The van der Waals surface area contributed by atoms with Crippen molar-refractivity contribution in [2.75, 3.05) is 19.8 Å². The van der Waals surface area contributed by atoms with Crippen molar-refractivity contribution in [2.45, 2.75) is 33.1 Å². The van der Waals surface area contributed by atoms with Gasteiger partial charge in [0.1, 0.15) is 11.6 Å². The highest BCUT2D eigenvalue weighted by Gasteiger charge is 2.18. The number of hydrogen-bond acceptors (Lipinski definition) is 3. The van der Waals surface area contributed by atoms with Gasteiger partial charge in [0.15, 0.2) is 0 Å². The molecule has 118 valence electrons. The van der Waals surface area contributed by atoms with Gasteiger partial charge in [-0.25, -0.2) is 4.39 Å². The normalized spacial score (nSPS) is 11.2. The SMILES string of the molecule is CC(C)(CCCO)CNC(=O)CCOc1cccc(F)c1. The number of halogens is 1. The van der Waals surface area contributed by atoms with E-state index in [1.165, 1.54) is 12.1 Å². The largest absolute Gasteiger partial charge is 0.493 e. The molecule has 0 spiro atoms. The van der Waals surface area contributed by atoms with E-state index < -0.39 is 0 Å². The summed E-state index contributed by atoms with van der Waals surface area (Å²) >= 11 is 0. The monoisotopic (exact) mass is 297 g/mol. The van der Waals surface area contributed by atoms with E-state index in [0.29, 0.717) is 12.3 Å². The summed E-state index contributed by atoms with van der Waals surface area (Å²) in [6, 6.07) is 5.84. The fourth-order valence-electron chi connectivity index (χ4n) is 1.89. The molecular weight excluding hydrogens is 273 g/mol. The highest BCUT2D eigenvalue weighted by atomic mass is 19.1. The van der Waals surface area contributed by atoms with Gasteiger partial charge in [0.05, 0.1) is 13.0 Å². The Hall–Kier alpha value is -1.62. The van der Waals surface area contributed by atoms with E-state index in [-0.39, 0.29) is 36.8 Å². The van der Waals surface area contributed by atoms with Crippen molar-refractivity contribution in [3.63, 3.8) is 0 Å². The van der Waals surface area contributed by atoms with Crippen LogP contribution >= 0.6 is 0 Å². The van der Waals surface area contributed by atoms with Gasteiger partial charge in [0.25, 0.3) is 0 Å². The van der Waals surface area contributed by atoms with Gasteiger partial charge in [-0.1, -0.05) is 19.9 Å². The van der Waals surface area contributed by atoms with E-state index in [1.54, 1.807) is 12.1 Å². The molecule has 2 N–H and O–H groups in total. The minimum absolute atomic E-state index is 0.0399. The maximum Gasteiger partial charge on any atom is 0.223 e. The van der Waals surface area contributed by atoms with Crippen molar-refractivity contribution in [2.24, 2.45) is 5.41 Å². The number of carbonyl (C=O) groups excluding carboxylic acids is 1. The Labute approximate surface area is 125 Å². The third-order valence-electron chi connectivity index (χ3n) is 3.17. The topological polar surface area (TPSA) is 58.6 Å². The standard InChI is InChI=1S/C16H24FNO3/c1-16(2,8-4-9-19)12-18-15(20)7-10-21-14-6-3-5-13(17)11-14/h3,5-6,11,19H,4,7-10,12H2,1-2H3,(H,18,20). The summed E-state index contributed by atoms with van der Waals surface area (Å²) in [6.07, 6.45) is 1.81. The Morgan fingerprint density at radius 1 is 1.43 bits per heavy atom. The molecule has 1 aromatic carbocycles. The number of rotatable bonds is 9. The van der Waals surface area contributed by atoms with Crippen LogP contribution in [0.25, 0.3) is 0 Å². The molecule has 1 amide bonds. The van der Waals surface area contributed by atoms with Crippen molar-refractivity contribution in [1.82, 2.24) is 5.32 Å². The zero-order chi connectivity index (χ0) is 15.7. The van der Waals surface area contributed by atoms with Gasteiger partial charge in [0, 0.05) is 19.2 Å². The van der Waals surface area contributed by atoms with Crippen molar-refractivity contribution < 1.29 is 19.0 Å². The molecule has 0 unspecified atom stereocenters. The molecule has 0 fully saturated rings. The van der Waals surface area contributed by atoms with Crippen LogP contribution in [0.5, 0.6) is 5.75 Å². The summed E-state index contributed by atoms with van der Waals surface area (Å²) in [5, 5.41) is 11.7. The molecule has 0 aliphatic rings. The van der Waals surface area contributed by atoms with Crippen LogP contribution in [0.3, 0.4) is 0 Å². The number of carbonyl (C=O) groups is 1. The molecule has 0 atom stereocenters. The number of aliphatic hydroxyl groups is 1. The molecule has 1 aromatic rings. The lowest BCUT2D eigenvalue weighted by Gasteiger charge is -2.24. The van der Waals surface area contributed by atoms with Crippen LogP contribution in [0.1, 0.15) is 33.1 Å². The minimum Gasteiger partial charge on any atom is -0.493 e. The molecule has 0 aliphatic carbocycles. The molecule has 21 heavy (non-hydrogen) atoms. The van der Waals surface area contributed by atoms with Gasteiger partial charge in [-0.05, 0) is 30.4 Å². The smallest absolute Gasteiger partial charge is 0.223 e. The third-order valence-corrected chi connectivity index (χ3v) is 3.17. The van der Waals surface area contributed by atoms with Crippen molar-refractivity contribution in [3.8, 4) is 5.75 Å². The van der Waals surface area contributed by atoms with E-state index in [9.17, 15) is 9.18 Å². The predicted octanol–water partition coefficient (Wildman–Crippen LogP) is 2.51. The van der Waals surface area contributed by atoms with Crippen molar-refractivity contribution in [3.05, 3.63) is 30.1 Å². The fourth-order valence-corrected chi connectivity index (χ4v) is 1.89. The Morgan fingerprint density at radius 2 is 2.19 bits per heavy atom. The second-order valence-corrected chi connectivity index (χ2v) is 5.82. The number of nitrogens with one attached hydrogen (secondary N) is 1. The van der Waals surface area contributed by atoms with Crippen LogP contribution in [-0.4, -0.2) is 30.8 Å². The predicted molar refractivity (Wildman–Crippen MR) is 79.6 cm³/mol. The first-order chi connectivity index (χ1) is 9.93. The summed E-state index contributed by atoms with van der Waals surface area (Å²) in [4.78, 5) is 11.7. The first-order valence-electron chi connectivity index (χ1n) is 7.19. The minimum atomic E-state index is -0.359. The van der Waals surface area contributed by atoms with Crippen LogP contribution in [0.2, 0.25) is 0 Å². The summed E-state index contributed by atoms with van der Waals surface area (Å²) in [7, 11) is 0. The Bertz CT molecular complexity index is 449. The molecule has 1 rings (SSSR count). The summed E-state index contributed by atoms with van der Waals surface area (Å²) < 4.78 is 18.3. The van der Waals surface area contributed by atoms with Gasteiger partial charge in [-0.3, -0.25) is 4.79 Å². The van der Waals surface area contributed by atoms with E-state index >= 15 is 0 Å². The quantitative estimate of drug-likeness (QED) is 0.736. The molecule has 0 saturated carbocycles. The highest BCUT2D eigenvalue weighted by molar-refractivity contribution is 5.76. The molecular formula is C16H24FNO3. The average Bonchev–Trinajstić information content (AvgIpc) is 2.43. The third kappa shape index (κ3) is 7.66. The Kier molecular flexibility index (Phi) is 7.15. The van der Waals surface area contributed by atoms with Gasteiger partial charge in [-0.15, -0.1) is 0 Å². The van der Waals surface area contributed by atoms with Gasteiger partial charge in [0.2, 0.25) is 5.91 Å². The van der Waals surface area contributed by atoms with Gasteiger partial charge in [-0.2, -0.15) is 0 Å². The van der Waals surface area contributed by atoms with Crippen LogP contribution < -0.4 is 10.1 Å². The second-order valence-electron chi connectivity index (χ2n) is 5.82. The van der Waals surface area contributed by atoms with Crippen LogP contribution in [-0.2, 0) is 4.79 Å². The summed E-state index contributed by atoms with van der Waals surface area (Å²) in [6.45, 7) is 5.04. The number of ether oxygens (including phenoxy) is 1. The number of benzene rings is 1. The van der Waals surface area contributed by atoms with Crippen molar-refractivity contribution in [1.29, 1.82) is 0 Å². The van der Waals surface area contributed by atoms with E-state index in [4.69, 9.17) is 9.84 Å². The lowest BCUT2D eigenvalue weighted by molar-refractivity contribution is -0.122. The maximum atomic E-state index is 12.9. The molecule has 4 nitrogen and oxygen atoms in total. The highest BCUT2D eigenvalue weighted by Crippen LogP contribution is 2.20. The summed E-state index contributed by atoms with van der Waals surface area (Å²) in [5.41, 5.74) is -0.0399. The van der Waals surface area contributed by atoms with Crippen LogP contribution in [0, 0.1) is 11.2 Å². The fraction of sp³-hybridized carbons (Fsp3) is 0.562. The van der Waals surface area contributed by atoms with Crippen molar-refractivity contribution >= 4 is 5.91 Å². The molecule has 5 heteroatoms. The number of hydrogen-bond donors (Lipinski definition) is 2. The van der Waals surface area contributed by atoms with Crippen LogP contribution in [0.15, 0.2) is 24.3 Å². The van der Waals surface area contributed by atoms with Crippen LogP contribution in [0.4, 0.5) is 4.39 Å². The molecule has 0 saturated heterocycles. The first-order valence-corrected chi connectivity index (χ1v) is 7.19. The molecule has 0 aromatic heterocycles. The van der Waals surface area contributed by atoms with E-state index in [2.05, 4.69) is 5.32 Å². The summed E-state index contributed by atoms with van der Waals surface area (Å²) in [5.74, 6) is -0.0304. The number of amides is 1. The second kappa shape index (κ2) is 8.62. The Morgan fingerprint density at radius 3 is 2.86 bits per heavy atom. The molecule has 0 heterocycles. The zero-order valence-corrected chi connectivity index (χ0v) is 12.7. The first kappa shape index (κ1) is 17.4. The lowest BCUT2D eigenvalue weighted by Crippen LogP contribution is -2.34. The maximum absolute atomic E-state index is 12.9. The van der Waals surface area contributed by atoms with Gasteiger partial charge >= 0.3 is 0 Å².